The maximum absolute atomic E-state index is 13.0. The van der Waals surface area contributed by atoms with Crippen molar-refractivity contribution in [2.24, 2.45) is 7.05 Å². The van der Waals surface area contributed by atoms with Gasteiger partial charge in [0.15, 0.2) is 0 Å². The summed E-state index contributed by atoms with van der Waals surface area (Å²) in [5, 5.41) is 11.3. The molecule has 0 saturated carbocycles. The van der Waals surface area contributed by atoms with Crippen LogP contribution < -0.4 is 0 Å². The zero-order chi connectivity index (χ0) is 18.8. The van der Waals surface area contributed by atoms with E-state index < -0.39 is 0 Å². The van der Waals surface area contributed by atoms with E-state index in [1.165, 1.54) is 0 Å². The molecule has 9 nitrogen and oxygen atoms in total. The molecular weight excluding hydrogens is 348 g/mol. The fourth-order valence-corrected chi connectivity index (χ4v) is 3.77. The quantitative estimate of drug-likeness (QED) is 0.866. The van der Waals surface area contributed by atoms with E-state index in [1.807, 2.05) is 4.90 Å². The third kappa shape index (κ3) is 3.46. The number of H-pyrrole nitrogens is 1. The number of hydrogen-bond acceptors (Lipinski definition) is 5. The molecule has 0 spiro atoms. The standard InChI is InChI=1S/C18H24N6O3/c1-22-16(5-6-19-22)18(26)24-7-3-2-4-15(24)13-12-14(21-20-13)17(25)23-8-10-27-11-9-23/h5-6,12,15H,2-4,7-11H2,1H3,(H,20,21). The number of piperidine rings is 1. The summed E-state index contributed by atoms with van der Waals surface area (Å²) in [6, 6.07) is 3.41. The van der Waals surface area contributed by atoms with Crippen LogP contribution in [0, 0.1) is 0 Å². The van der Waals surface area contributed by atoms with Gasteiger partial charge in [0.2, 0.25) is 0 Å². The zero-order valence-corrected chi connectivity index (χ0v) is 15.4. The molecule has 0 aromatic carbocycles. The first kappa shape index (κ1) is 17.7. The van der Waals surface area contributed by atoms with Gasteiger partial charge in [0.1, 0.15) is 11.4 Å². The number of hydrogen-bond donors (Lipinski definition) is 1. The van der Waals surface area contributed by atoms with Crippen molar-refractivity contribution in [3.63, 3.8) is 0 Å². The lowest BCUT2D eigenvalue weighted by atomic mass is 9.98. The van der Waals surface area contributed by atoms with Gasteiger partial charge in [-0.3, -0.25) is 19.4 Å². The van der Waals surface area contributed by atoms with Crippen molar-refractivity contribution in [1.82, 2.24) is 29.8 Å². The van der Waals surface area contributed by atoms with Gasteiger partial charge in [-0.25, -0.2) is 0 Å². The van der Waals surface area contributed by atoms with E-state index in [1.54, 1.807) is 35.0 Å². The number of ether oxygens (including phenoxy) is 1. The second-order valence-electron chi connectivity index (χ2n) is 6.96. The van der Waals surface area contributed by atoms with Crippen molar-refractivity contribution in [3.8, 4) is 0 Å². The summed E-state index contributed by atoms with van der Waals surface area (Å²) in [6.07, 6.45) is 4.47. The van der Waals surface area contributed by atoms with E-state index in [9.17, 15) is 9.59 Å². The van der Waals surface area contributed by atoms with Crippen LogP contribution in [0.5, 0.6) is 0 Å². The fourth-order valence-electron chi connectivity index (χ4n) is 3.77. The lowest BCUT2D eigenvalue weighted by Gasteiger charge is -2.35. The second-order valence-corrected chi connectivity index (χ2v) is 6.96. The summed E-state index contributed by atoms with van der Waals surface area (Å²) >= 11 is 0. The number of nitrogens with zero attached hydrogens (tertiary/aromatic N) is 5. The highest BCUT2D eigenvalue weighted by Crippen LogP contribution is 2.31. The minimum absolute atomic E-state index is 0.0460. The Morgan fingerprint density at radius 2 is 2.00 bits per heavy atom. The zero-order valence-electron chi connectivity index (χ0n) is 15.4. The van der Waals surface area contributed by atoms with Gasteiger partial charge in [0.05, 0.1) is 24.9 Å². The molecule has 0 bridgehead atoms. The summed E-state index contributed by atoms with van der Waals surface area (Å²) < 4.78 is 6.89. The Bertz CT molecular complexity index is 823. The van der Waals surface area contributed by atoms with Crippen LogP contribution in [-0.4, -0.2) is 74.4 Å². The van der Waals surface area contributed by atoms with Crippen LogP contribution >= 0.6 is 0 Å². The molecular formula is C18H24N6O3. The Morgan fingerprint density at radius 1 is 1.19 bits per heavy atom. The SMILES string of the molecule is Cn1nccc1C(=O)N1CCCCC1c1cc(C(=O)N2CCOCC2)n[nH]1. The first-order chi connectivity index (χ1) is 13.1. The van der Waals surface area contributed by atoms with Crippen molar-refractivity contribution < 1.29 is 14.3 Å². The van der Waals surface area contributed by atoms with Crippen LogP contribution in [0.2, 0.25) is 0 Å². The van der Waals surface area contributed by atoms with Gasteiger partial charge < -0.3 is 14.5 Å². The van der Waals surface area contributed by atoms with Crippen LogP contribution in [-0.2, 0) is 11.8 Å². The summed E-state index contributed by atoms with van der Waals surface area (Å²) in [4.78, 5) is 29.2. The second kappa shape index (κ2) is 7.51. The van der Waals surface area contributed by atoms with Crippen LogP contribution in [0.15, 0.2) is 18.3 Å². The Morgan fingerprint density at radius 3 is 2.74 bits per heavy atom. The van der Waals surface area contributed by atoms with Gasteiger partial charge in [-0.2, -0.15) is 10.2 Å². The number of morpholine rings is 1. The molecule has 2 amide bonds. The average Bonchev–Trinajstić information content (AvgIpc) is 3.37. The molecule has 1 unspecified atom stereocenters. The highest BCUT2D eigenvalue weighted by molar-refractivity contribution is 5.93. The van der Waals surface area contributed by atoms with Crippen molar-refractivity contribution in [3.05, 3.63) is 35.4 Å². The number of nitrogens with one attached hydrogen (secondary N) is 1. The Hall–Kier alpha value is -2.68. The number of rotatable bonds is 3. The van der Waals surface area contributed by atoms with Gasteiger partial charge in [-0.1, -0.05) is 0 Å². The molecule has 1 atom stereocenters. The largest absolute Gasteiger partial charge is 0.378 e. The van der Waals surface area contributed by atoms with E-state index in [2.05, 4.69) is 15.3 Å². The predicted octanol–water partition coefficient (Wildman–Crippen LogP) is 0.983. The first-order valence-corrected chi connectivity index (χ1v) is 9.36. The number of carbonyl (C=O) groups is 2. The Labute approximate surface area is 157 Å². The number of amides is 2. The molecule has 0 radical (unpaired) electrons. The van der Waals surface area contributed by atoms with Gasteiger partial charge in [-0.15, -0.1) is 0 Å². The maximum atomic E-state index is 13.0. The van der Waals surface area contributed by atoms with Crippen molar-refractivity contribution >= 4 is 11.8 Å². The predicted molar refractivity (Wildman–Crippen MR) is 96.1 cm³/mol. The molecule has 2 fully saturated rings. The van der Waals surface area contributed by atoms with E-state index in [0.29, 0.717) is 44.2 Å². The number of aryl methyl sites for hydroxylation is 1. The molecule has 2 aliphatic heterocycles. The highest BCUT2D eigenvalue weighted by atomic mass is 16.5. The number of aromatic nitrogens is 4. The summed E-state index contributed by atoms with van der Waals surface area (Å²) in [5.41, 5.74) is 1.76. The summed E-state index contributed by atoms with van der Waals surface area (Å²) in [7, 11) is 1.77. The molecule has 2 aromatic rings. The fraction of sp³-hybridized carbons (Fsp3) is 0.556. The molecule has 2 aromatic heterocycles. The smallest absolute Gasteiger partial charge is 0.274 e. The number of carbonyl (C=O) groups excluding carboxylic acids is 2. The van der Waals surface area contributed by atoms with E-state index in [-0.39, 0.29) is 17.9 Å². The van der Waals surface area contributed by atoms with Gasteiger partial charge in [-0.05, 0) is 31.4 Å². The monoisotopic (exact) mass is 372 g/mol. The molecule has 2 aliphatic rings. The molecule has 2 saturated heterocycles. The van der Waals surface area contributed by atoms with Crippen LogP contribution in [0.4, 0.5) is 0 Å². The van der Waals surface area contributed by atoms with Crippen molar-refractivity contribution in [2.45, 2.75) is 25.3 Å². The van der Waals surface area contributed by atoms with Gasteiger partial charge in [0, 0.05) is 32.9 Å². The Balaban J connectivity index is 1.54. The molecule has 4 rings (SSSR count). The minimum Gasteiger partial charge on any atom is -0.378 e. The van der Waals surface area contributed by atoms with E-state index in [4.69, 9.17) is 4.74 Å². The molecule has 9 heteroatoms. The third-order valence-electron chi connectivity index (χ3n) is 5.28. The van der Waals surface area contributed by atoms with Gasteiger partial charge in [0.25, 0.3) is 11.8 Å². The van der Waals surface area contributed by atoms with Crippen LogP contribution in [0.1, 0.15) is 52.0 Å². The molecule has 27 heavy (non-hydrogen) atoms. The number of aromatic amines is 1. The number of likely N-dealkylation sites (tertiary alicyclic amines) is 1. The van der Waals surface area contributed by atoms with Crippen molar-refractivity contribution in [2.75, 3.05) is 32.8 Å². The summed E-state index contributed by atoms with van der Waals surface area (Å²) in [5.74, 6) is -0.142. The molecule has 144 valence electrons. The third-order valence-corrected chi connectivity index (χ3v) is 5.28. The van der Waals surface area contributed by atoms with Crippen molar-refractivity contribution in [1.29, 1.82) is 0 Å². The minimum atomic E-state index is -0.111. The van der Waals surface area contributed by atoms with Crippen LogP contribution in [0.3, 0.4) is 0 Å². The topological polar surface area (TPSA) is 96.3 Å². The lowest BCUT2D eigenvalue weighted by Crippen LogP contribution is -2.41. The summed E-state index contributed by atoms with van der Waals surface area (Å²) in [6.45, 7) is 2.95. The van der Waals surface area contributed by atoms with E-state index >= 15 is 0 Å². The lowest BCUT2D eigenvalue weighted by molar-refractivity contribution is 0.0299. The average molecular weight is 372 g/mol. The van der Waals surface area contributed by atoms with Crippen LogP contribution in [0.25, 0.3) is 0 Å². The van der Waals surface area contributed by atoms with Gasteiger partial charge >= 0.3 is 0 Å². The van der Waals surface area contributed by atoms with E-state index in [0.717, 1.165) is 25.0 Å². The normalized spacial score (nSPS) is 20.7. The first-order valence-electron chi connectivity index (χ1n) is 9.36. The molecule has 4 heterocycles. The Kier molecular flexibility index (Phi) is 4.93. The molecule has 0 aliphatic carbocycles. The maximum Gasteiger partial charge on any atom is 0.274 e. The molecule has 1 N–H and O–H groups in total. The highest BCUT2D eigenvalue weighted by Gasteiger charge is 2.32.